The van der Waals surface area contributed by atoms with Crippen molar-refractivity contribution in [3.8, 4) is 0 Å². The van der Waals surface area contributed by atoms with Gasteiger partial charge in [-0.2, -0.15) is 0 Å². The summed E-state index contributed by atoms with van der Waals surface area (Å²) in [5.74, 6) is -1.40. The molecule has 0 bridgehead atoms. The zero-order valence-electron chi connectivity index (χ0n) is 10.9. The van der Waals surface area contributed by atoms with Crippen LogP contribution in [0.15, 0.2) is 18.2 Å². The predicted octanol–water partition coefficient (Wildman–Crippen LogP) is 1.03. The summed E-state index contributed by atoms with van der Waals surface area (Å²) in [6.45, 7) is 4.78. The van der Waals surface area contributed by atoms with Crippen LogP contribution in [-0.2, 0) is 4.74 Å². The fourth-order valence-electron chi connectivity index (χ4n) is 2.18. The average Bonchev–Trinajstić information content (AvgIpc) is 2.37. The maximum atomic E-state index is 12.3. The largest absolute Gasteiger partial charge is 0.477 e. The minimum absolute atomic E-state index is 0.0321. The maximum Gasteiger partial charge on any atom is 0.354 e. The van der Waals surface area contributed by atoms with E-state index in [9.17, 15) is 9.59 Å². The number of rotatable bonds is 2. The molecule has 0 radical (unpaired) electrons. The van der Waals surface area contributed by atoms with Crippen molar-refractivity contribution in [2.75, 3.05) is 13.1 Å². The minimum Gasteiger partial charge on any atom is -0.477 e. The standard InChI is InChI=1S/C13H16N2O4/c1-8-6-15(7-9(2)19-8)12(16)10-4-3-5-11(14-10)13(17)18/h3-5,8-9H,6-7H2,1-2H3,(H,17,18)/t8-,9+. The number of amides is 1. The molecule has 1 aliphatic heterocycles. The van der Waals surface area contributed by atoms with Gasteiger partial charge in [-0.15, -0.1) is 0 Å². The Morgan fingerprint density at radius 1 is 1.26 bits per heavy atom. The molecule has 6 heteroatoms. The molecular weight excluding hydrogens is 248 g/mol. The lowest BCUT2D eigenvalue weighted by Gasteiger charge is -2.35. The number of carbonyl (C=O) groups excluding carboxylic acids is 1. The van der Waals surface area contributed by atoms with E-state index < -0.39 is 5.97 Å². The SMILES string of the molecule is C[C@@H]1CN(C(=O)c2cccc(C(=O)O)n2)C[C@H](C)O1. The van der Waals surface area contributed by atoms with E-state index in [0.29, 0.717) is 13.1 Å². The zero-order chi connectivity index (χ0) is 14.0. The second-order valence-electron chi connectivity index (χ2n) is 4.68. The number of hydrogen-bond donors (Lipinski definition) is 1. The molecule has 1 amide bonds. The van der Waals surface area contributed by atoms with Gasteiger partial charge in [-0.1, -0.05) is 6.07 Å². The zero-order valence-corrected chi connectivity index (χ0v) is 10.9. The lowest BCUT2D eigenvalue weighted by atomic mass is 10.2. The van der Waals surface area contributed by atoms with Gasteiger partial charge in [0.1, 0.15) is 11.4 Å². The van der Waals surface area contributed by atoms with Crippen molar-refractivity contribution in [1.29, 1.82) is 0 Å². The molecule has 1 aromatic heterocycles. The summed E-state index contributed by atoms with van der Waals surface area (Å²) in [5, 5.41) is 8.88. The first-order chi connectivity index (χ1) is 8.97. The van der Waals surface area contributed by atoms with Crippen LogP contribution in [0.5, 0.6) is 0 Å². The second-order valence-corrected chi connectivity index (χ2v) is 4.68. The highest BCUT2D eigenvalue weighted by Crippen LogP contribution is 2.13. The molecule has 2 rings (SSSR count). The molecule has 102 valence electrons. The van der Waals surface area contributed by atoms with Gasteiger partial charge in [-0.3, -0.25) is 4.79 Å². The number of ether oxygens (including phenoxy) is 1. The van der Waals surface area contributed by atoms with E-state index in [2.05, 4.69) is 4.98 Å². The summed E-state index contributed by atoms with van der Waals surface area (Å²) in [6, 6.07) is 4.42. The average molecular weight is 264 g/mol. The Kier molecular flexibility index (Phi) is 3.80. The lowest BCUT2D eigenvalue weighted by molar-refractivity contribution is -0.0587. The van der Waals surface area contributed by atoms with E-state index in [-0.39, 0.29) is 29.5 Å². The van der Waals surface area contributed by atoms with Crippen molar-refractivity contribution >= 4 is 11.9 Å². The Labute approximate surface area is 111 Å². The quantitative estimate of drug-likeness (QED) is 0.863. The molecule has 2 atom stereocenters. The van der Waals surface area contributed by atoms with Gasteiger partial charge < -0.3 is 14.7 Å². The van der Waals surface area contributed by atoms with Gasteiger partial charge in [-0.05, 0) is 26.0 Å². The molecule has 1 aliphatic rings. The molecule has 1 aromatic rings. The summed E-state index contributed by atoms with van der Waals surface area (Å²) < 4.78 is 5.56. The van der Waals surface area contributed by atoms with E-state index in [4.69, 9.17) is 9.84 Å². The predicted molar refractivity (Wildman–Crippen MR) is 67.1 cm³/mol. The molecule has 0 spiro atoms. The fraction of sp³-hybridized carbons (Fsp3) is 0.462. The van der Waals surface area contributed by atoms with E-state index in [1.165, 1.54) is 18.2 Å². The molecule has 1 saturated heterocycles. The number of carbonyl (C=O) groups is 2. The van der Waals surface area contributed by atoms with Gasteiger partial charge in [0.2, 0.25) is 0 Å². The number of carboxylic acid groups (broad SMARTS) is 1. The molecule has 0 saturated carbocycles. The van der Waals surface area contributed by atoms with Crippen LogP contribution in [0.4, 0.5) is 0 Å². The van der Waals surface area contributed by atoms with Crippen molar-refractivity contribution in [1.82, 2.24) is 9.88 Å². The third-order valence-electron chi connectivity index (χ3n) is 2.89. The van der Waals surface area contributed by atoms with Gasteiger partial charge in [0.15, 0.2) is 0 Å². The Morgan fingerprint density at radius 2 is 1.84 bits per heavy atom. The Bertz CT molecular complexity index is 493. The van der Waals surface area contributed by atoms with Crippen LogP contribution < -0.4 is 0 Å². The lowest BCUT2D eigenvalue weighted by Crippen LogP contribution is -2.48. The fourth-order valence-corrected chi connectivity index (χ4v) is 2.18. The monoisotopic (exact) mass is 264 g/mol. The van der Waals surface area contributed by atoms with Crippen LogP contribution in [0.2, 0.25) is 0 Å². The first-order valence-corrected chi connectivity index (χ1v) is 6.12. The number of aromatic nitrogens is 1. The van der Waals surface area contributed by atoms with Crippen LogP contribution in [0.25, 0.3) is 0 Å². The van der Waals surface area contributed by atoms with Crippen LogP contribution in [0.3, 0.4) is 0 Å². The Morgan fingerprint density at radius 3 is 2.42 bits per heavy atom. The first kappa shape index (κ1) is 13.5. The van der Waals surface area contributed by atoms with Crippen LogP contribution in [-0.4, -0.2) is 52.2 Å². The molecule has 0 aliphatic carbocycles. The first-order valence-electron chi connectivity index (χ1n) is 6.12. The molecule has 1 N–H and O–H groups in total. The van der Waals surface area contributed by atoms with Gasteiger partial charge in [0.25, 0.3) is 5.91 Å². The number of morpholine rings is 1. The number of aromatic carboxylic acids is 1. The molecule has 0 aromatic carbocycles. The molecule has 2 heterocycles. The number of carboxylic acids is 1. The normalized spacial score (nSPS) is 23.2. The minimum atomic E-state index is -1.14. The van der Waals surface area contributed by atoms with Crippen molar-refractivity contribution in [2.24, 2.45) is 0 Å². The van der Waals surface area contributed by atoms with Crippen LogP contribution >= 0.6 is 0 Å². The van der Waals surface area contributed by atoms with Crippen molar-refractivity contribution < 1.29 is 19.4 Å². The highest BCUT2D eigenvalue weighted by atomic mass is 16.5. The summed E-state index contributed by atoms with van der Waals surface area (Å²) in [7, 11) is 0. The Balaban J connectivity index is 2.19. The van der Waals surface area contributed by atoms with Crippen LogP contribution in [0, 0.1) is 0 Å². The van der Waals surface area contributed by atoms with E-state index in [1.807, 2.05) is 13.8 Å². The summed E-state index contributed by atoms with van der Waals surface area (Å²) in [5.41, 5.74) is 0.0291. The van der Waals surface area contributed by atoms with Crippen molar-refractivity contribution in [3.05, 3.63) is 29.6 Å². The number of pyridine rings is 1. The maximum absolute atomic E-state index is 12.3. The summed E-state index contributed by atoms with van der Waals surface area (Å²) >= 11 is 0. The highest BCUT2D eigenvalue weighted by Gasteiger charge is 2.27. The van der Waals surface area contributed by atoms with Gasteiger partial charge in [-0.25, -0.2) is 9.78 Å². The molecule has 6 nitrogen and oxygen atoms in total. The number of nitrogens with zero attached hydrogens (tertiary/aromatic N) is 2. The molecule has 19 heavy (non-hydrogen) atoms. The van der Waals surface area contributed by atoms with Crippen molar-refractivity contribution in [2.45, 2.75) is 26.1 Å². The smallest absolute Gasteiger partial charge is 0.354 e. The highest BCUT2D eigenvalue weighted by molar-refractivity contribution is 5.94. The molecule has 1 fully saturated rings. The summed E-state index contributed by atoms with van der Waals surface area (Å²) in [6.07, 6.45) is -0.0642. The van der Waals surface area contributed by atoms with E-state index in [0.717, 1.165) is 0 Å². The molecule has 0 unspecified atom stereocenters. The second kappa shape index (κ2) is 5.36. The third kappa shape index (κ3) is 3.08. The molecular formula is C13H16N2O4. The summed E-state index contributed by atoms with van der Waals surface area (Å²) in [4.78, 5) is 28.6. The van der Waals surface area contributed by atoms with Crippen LogP contribution in [0.1, 0.15) is 34.8 Å². The Hall–Kier alpha value is -1.95. The van der Waals surface area contributed by atoms with Gasteiger partial charge >= 0.3 is 5.97 Å². The van der Waals surface area contributed by atoms with E-state index >= 15 is 0 Å². The number of hydrogen-bond acceptors (Lipinski definition) is 4. The van der Waals surface area contributed by atoms with E-state index in [1.54, 1.807) is 4.90 Å². The third-order valence-corrected chi connectivity index (χ3v) is 2.89. The van der Waals surface area contributed by atoms with Gasteiger partial charge in [0, 0.05) is 13.1 Å². The van der Waals surface area contributed by atoms with Crippen molar-refractivity contribution in [3.63, 3.8) is 0 Å². The van der Waals surface area contributed by atoms with Gasteiger partial charge in [0.05, 0.1) is 12.2 Å². The topological polar surface area (TPSA) is 79.7 Å².